The number of imidazole rings is 1. The Morgan fingerprint density at radius 3 is 2.72 bits per heavy atom. The number of aromatic nitrogens is 4. The fourth-order valence-corrected chi connectivity index (χ4v) is 5.92. The fourth-order valence-electron chi connectivity index (χ4n) is 4.20. The molecule has 6 rings (SSSR count). The molecule has 0 saturated heterocycles. The molecule has 0 saturated carbocycles. The van der Waals surface area contributed by atoms with E-state index in [1.807, 2.05) is 37.4 Å². The molecule has 36 heavy (non-hydrogen) atoms. The summed E-state index contributed by atoms with van der Waals surface area (Å²) >= 11 is 3.28. The minimum Gasteiger partial charge on any atom is -0.496 e. The number of benzene rings is 2. The zero-order valence-electron chi connectivity index (χ0n) is 20.4. The number of hydrogen-bond acceptors (Lipinski definition) is 8. The Balaban J connectivity index is 1.30. The van der Waals surface area contributed by atoms with Crippen LogP contribution in [0.4, 0.5) is 0 Å². The summed E-state index contributed by atoms with van der Waals surface area (Å²) in [7, 11) is 1.64. The van der Waals surface area contributed by atoms with Gasteiger partial charge in [-0.1, -0.05) is 36.5 Å². The van der Waals surface area contributed by atoms with Crippen LogP contribution in [0.1, 0.15) is 28.1 Å². The van der Waals surface area contributed by atoms with Gasteiger partial charge in [-0.3, -0.25) is 0 Å². The molecular formula is C27H24N4O3S2. The molecule has 0 fully saturated rings. The van der Waals surface area contributed by atoms with E-state index in [1.54, 1.807) is 34.3 Å². The summed E-state index contributed by atoms with van der Waals surface area (Å²) in [6.07, 6.45) is 2.82. The predicted octanol–water partition coefficient (Wildman–Crippen LogP) is 7.09. The molecule has 4 aromatic heterocycles. The van der Waals surface area contributed by atoms with Gasteiger partial charge in [0, 0.05) is 22.6 Å². The Kier molecular flexibility index (Phi) is 5.73. The van der Waals surface area contributed by atoms with E-state index < -0.39 is 0 Å². The van der Waals surface area contributed by atoms with Gasteiger partial charge in [-0.2, -0.15) is 5.10 Å². The average Bonchev–Trinajstić information content (AvgIpc) is 3.64. The van der Waals surface area contributed by atoms with Crippen LogP contribution in [0, 0.1) is 13.8 Å². The smallest absolute Gasteiger partial charge is 0.212 e. The third-order valence-corrected chi connectivity index (χ3v) is 7.90. The average molecular weight is 517 g/mol. The molecule has 4 heterocycles. The van der Waals surface area contributed by atoms with Crippen LogP contribution in [-0.2, 0) is 13.0 Å². The highest BCUT2D eigenvalue weighted by Crippen LogP contribution is 2.37. The molecule has 0 amide bonds. The second-order valence-electron chi connectivity index (χ2n) is 8.49. The van der Waals surface area contributed by atoms with E-state index in [0.29, 0.717) is 29.4 Å². The quantitative estimate of drug-likeness (QED) is 0.225. The number of methoxy groups -OCH3 is 1. The highest BCUT2D eigenvalue weighted by Gasteiger charge is 2.17. The first-order chi connectivity index (χ1) is 17.5. The first-order valence-electron chi connectivity index (χ1n) is 11.6. The van der Waals surface area contributed by atoms with E-state index in [9.17, 15) is 0 Å². The molecule has 0 radical (unpaired) electrons. The zero-order valence-corrected chi connectivity index (χ0v) is 22.0. The molecule has 0 aliphatic rings. The number of hydrogen-bond donors (Lipinski definition) is 0. The lowest BCUT2D eigenvalue weighted by atomic mass is 10.1. The van der Waals surface area contributed by atoms with Gasteiger partial charge in [-0.05, 0) is 38.0 Å². The van der Waals surface area contributed by atoms with Gasteiger partial charge in [0.2, 0.25) is 4.96 Å². The van der Waals surface area contributed by atoms with Gasteiger partial charge in [-0.15, -0.1) is 11.3 Å². The Hall–Kier alpha value is -3.69. The van der Waals surface area contributed by atoms with Crippen LogP contribution in [0.15, 0.2) is 53.1 Å². The van der Waals surface area contributed by atoms with Crippen molar-refractivity contribution in [2.45, 2.75) is 33.8 Å². The molecule has 0 N–H and O–H groups in total. The number of aryl methyl sites for hydroxylation is 3. The lowest BCUT2D eigenvalue weighted by Gasteiger charge is -2.10. The molecule has 0 spiro atoms. The summed E-state index contributed by atoms with van der Waals surface area (Å²) in [5.74, 6) is 2.02. The van der Waals surface area contributed by atoms with Crippen molar-refractivity contribution < 1.29 is 13.9 Å². The van der Waals surface area contributed by atoms with Crippen molar-refractivity contribution >= 4 is 38.6 Å². The molecule has 7 nitrogen and oxygen atoms in total. The van der Waals surface area contributed by atoms with Gasteiger partial charge in [0.1, 0.15) is 39.4 Å². The topological polar surface area (TPSA) is 74.7 Å². The van der Waals surface area contributed by atoms with Crippen molar-refractivity contribution in [3.63, 3.8) is 0 Å². The van der Waals surface area contributed by atoms with Crippen LogP contribution in [0.3, 0.4) is 0 Å². The Labute approximate surface area is 216 Å². The van der Waals surface area contributed by atoms with E-state index >= 15 is 0 Å². The van der Waals surface area contributed by atoms with Crippen LogP contribution in [0.2, 0.25) is 0 Å². The number of furan rings is 1. The molecule has 6 aromatic rings. The van der Waals surface area contributed by atoms with Crippen LogP contribution in [-0.4, -0.2) is 26.7 Å². The number of rotatable bonds is 7. The first kappa shape index (κ1) is 22.8. The third-order valence-electron chi connectivity index (χ3n) is 6.00. The molecule has 9 heteroatoms. The zero-order chi connectivity index (χ0) is 24.8. The normalized spacial score (nSPS) is 11.6. The van der Waals surface area contributed by atoms with Gasteiger partial charge in [0.15, 0.2) is 5.76 Å². The van der Waals surface area contributed by atoms with Crippen LogP contribution < -0.4 is 9.47 Å². The predicted molar refractivity (Wildman–Crippen MR) is 143 cm³/mol. The van der Waals surface area contributed by atoms with E-state index in [-0.39, 0.29) is 0 Å². The first-order valence-corrected chi connectivity index (χ1v) is 13.3. The van der Waals surface area contributed by atoms with Crippen molar-refractivity contribution in [1.29, 1.82) is 0 Å². The van der Waals surface area contributed by atoms with Gasteiger partial charge < -0.3 is 13.9 Å². The second kappa shape index (κ2) is 9.07. The molecule has 182 valence electrons. The highest BCUT2D eigenvalue weighted by molar-refractivity contribution is 7.16. The van der Waals surface area contributed by atoms with E-state index in [1.165, 1.54) is 4.88 Å². The van der Waals surface area contributed by atoms with Crippen LogP contribution in [0.25, 0.3) is 38.0 Å². The fraction of sp³-hybridized carbons (Fsp3) is 0.222. The van der Waals surface area contributed by atoms with Crippen molar-refractivity contribution in [2.75, 3.05) is 7.11 Å². The maximum absolute atomic E-state index is 6.30. The van der Waals surface area contributed by atoms with Gasteiger partial charge >= 0.3 is 0 Å². The summed E-state index contributed by atoms with van der Waals surface area (Å²) in [5, 5.41) is 7.32. The lowest BCUT2D eigenvalue weighted by molar-refractivity contribution is 0.307. The monoisotopic (exact) mass is 516 g/mol. The summed E-state index contributed by atoms with van der Waals surface area (Å²) < 4.78 is 19.7. The number of fused-ring (bicyclic) bond motifs is 2. The maximum atomic E-state index is 6.30. The SMILES string of the molecule is CCc1nc(-c2cccc(COc3cc(OC)cc4oc(-c5cn6nc(C)sc6n5)cc34)c2)sc1C. The van der Waals surface area contributed by atoms with E-state index in [4.69, 9.17) is 18.9 Å². The lowest BCUT2D eigenvalue weighted by Crippen LogP contribution is -1.97. The van der Waals surface area contributed by atoms with Crippen molar-refractivity contribution in [2.24, 2.45) is 0 Å². The number of ether oxygens (including phenoxy) is 2. The molecule has 2 aromatic carbocycles. The molecule has 0 bridgehead atoms. The largest absolute Gasteiger partial charge is 0.496 e. The Bertz CT molecular complexity index is 1680. The third kappa shape index (κ3) is 4.14. The Morgan fingerprint density at radius 1 is 1.06 bits per heavy atom. The van der Waals surface area contributed by atoms with Crippen molar-refractivity contribution in [3.8, 4) is 33.5 Å². The number of nitrogens with zero attached hydrogens (tertiary/aromatic N) is 4. The molecule has 0 aliphatic heterocycles. The highest BCUT2D eigenvalue weighted by atomic mass is 32.1. The summed E-state index contributed by atoms with van der Waals surface area (Å²) in [5.41, 5.74) is 4.74. The second-order valence-corrected chi connectivity index (χ2v) is 10.9. The van der Waals surface area contributed by atoms with Gasteiger partial charge in [0.25, 0.3) is 0 Å². The minimum absolute atomic E-state index is 0.408. The van der Waals surface area contributed by atoms with Crippen molar-refractivity contribution in [3.05, 3.63) is 69.8 Å². The Morgan fingerprint density at radius 2 is 1.94 bits per heavy atom. The standard InChI is InChI=1S/C27H24N4O3S2/c1-5-21-15(2)35-26(28-21)18-8-6-7-17(9-18)14-33-23-10-19(32-4)11-24-20(23)12-25(34-24)22-13-31-27(29-22)36-16(3)30-31/h6-13H,5,14H2,1-4H3. The maximum Gasteiger partial charge on any atom is 0.212 e. The van der Waals surface area contributed by atoms with Crippen molar-refractivity contribution in [1.82, 2.24) is 19.6 Å². The summed E-state index contributed by atoms with van der Waals surface area (Å²) in [6.45, 7) is 6.64. The van der Waals surface area contributed by atoms with Crippen LogP contribution >= 0.6 is 22.7 Å². The summed E-state index contributed by atoms with van der Waals surface area (Å²) in [6, 6.07) is 14.1. The molecule has 0 aliphatic carbocycles. The molecule has 0 unspecified atom stereocenters. The van der Waals surface area contributed by atoms with E-state index in [0.717, 1.165) is 49.3 Å². The van der Waals surface area contributed by atoms with Crippen LogP contribution in [0.5, 0.6) is 11.5 Å². The molecule has 0 atom stereocenters. The summed E-state index contributed by atoms with van der Waals surface area (Å²) in [4.78, 5) is 11.6. The number of thiazole rings is 1. The molecular weight excluding hydrogens is 492 g/mol. The minimum atomic E-state index is 0.408. The van der Waals surface area contributed by atoms with E-state index in [2.05, 4.69) is 42.1 Å². The van der Waals surface area contributed by atoms with Gasteiger partial charge in [0.05, 0.1) is 24.4 Å². The van der Waals surface area contributed by atoms with Gasteiger partial charge in [-0.25, -0.2) is 14.5 Å².